The van der Waals surface area contributed by atoms with Gasteiger partial charge in [0.25, 0.3) is 0 Å². The summed E-state index contributed by atoms with van der Waals surface area (Å²) in [5.74, 6) is 0.203. The summed E-state index contributed by atoms with van der Waals surface area (Å²) in [4.78, 5) is 10.1. The molecule has 74 valence electrons. The zero-order valence-electron chi connectivity index (χ0n) is 8.04. The van der Waals surface area contributed by atoms with Crippen molar-refractivity contribution in [2.75, 3.05) is 11.5 Å². The second-order valence-electron chi connectivity index (χ2n) is 3.55. The molecule has 0 rings (SSSR count). The third-order valence-corrected chi connectivity index (χ3v) is 2.65. The van der Waals surface area contributed by atoms with Gasteiger partial charge in [0.1, 0.15) is 0 Å². The lowest BCUT2D eigenvalue weighted by Gasteiger charge is -2.13. The van der Waals surface area contributed by atoms with Gasteiger partial charge in [0.2, 0.25) is 0 Å². The first-order valence-electron chi connectivity index (χ1n) is 4.19. The van der Waals surface area contributed by atoms with Crippen molar-refractivity contribution in [1.82, 2.24) is 0 Å². The molecule has 4 heteroatoms. The molecule has 0 radical (unpaired) electrons. The lowest BCUT2D eigenvalue weighted by Crippen LogP contribution is -2.08. The first-order valence-corrected chi connectivity index (χ1v) is 5.34. The lowest BCUT2D eigenvalue weighted by atomic mass is 9.90. The van der Waals surface area contributed by atoms with Crippen molar-refractivity contribution in [1.29, 1.82) is 5.26 Å². The van der Waals surface area contributed by atoms with Crippen LogP contribution in [0.4, 0.5) is 0 Å². The summed E-state index contributed by atoms with van der Waals surface area (Å²) in [7, 11) is 0. The van der Waals surface area contributed by atoms with Gasteiger partial charge in [-0.1, -0.05) is 0 Å². The highest BCUT2D eigenvalue weighted by Crippen LogP contribution is 2.21. The number of rotatable bonds is 6. The molecule has 0 saturated heterocycles. The number of nitriles is 1. The largest absolute Gasteiger partial charge is 0.481 e. The van der Waals surface area contributed by atoms with E-state index in [1.165, 1.54) is 11.8 Å². The first-order chi connectivity index (χ1) is 5.98. The maximum absolute atomic E-state index is 10.1. The molecule has 0 amide bonds. The van der Waals surface area contributed by atoms with Crippen molar-refractivity contribution in [2.24, 2.45) is 5.41 Å². The van der Waals surface area contributed by atoms with Gasteiger partial charge in [0, 0.05) is 0 Å². The van der Waals surface area contributed by atoms with Crippen LogP contribution in [0.15, 0.2) is 0 Å². The smallest absolute Gasteiger partial charge is 0.313 e. The Balaban J connectivity index is 3.37. The van der Waals surface area contributed by atoms with Gasteiger partial charge in [0.15, 0.2) is 0 Å². The van der Waals surface area contributed by atoms with E-state index < -0.39 is 5.97 Å². The summed E-state index contributed by atoms with van der Waals surface area (Å²) in [6.45, 7) is 3.80. The third kappa shape index (κ3) is 7.66. The van der Waals surface area contributed by atoms with Gasteiger partial charge in [-0.15, -0.1) is 0 Å². The van der Waals surface area contributed by atoms with E-state index in [4.69, 9.17) is 10.4 Å². The summed E-state index contributed by atoms with van der Waals surface area (Å²) in [6, 6.07) is 2.22. The molecule has 1 N–H and O–H groups in total. The summed E-state index contributed by atoms with van der Waals surface area (Å²) in [5, 5.41) is 17.0. The molecule has 0 bridgehead atoms. The summed E-state index contributed by atoms with van der Waals surface area (Å²) in [6.07, 6.45) is 1.73. The summed E-state index contributed by atoms with van der Waals surface area (Å²) in [5.41, 5.74) is -0.274. The van der Waals surface area contributed by atoms with E-state index in [9.17, 15) is 4.79 Å². The van der Waals surface area contributed by atoms with E-state index in [1.54, 1.807) is 0 Å². The van der Waals surface area contributed by atoms with E-state index in [1.807, 2.05) is 13.8 Å². The standard InChI is InChI=1S/C9H15NO2S/c1-9(2,7-10)4-3-5-13-6-8(11)12/h3-6H2,1-2H3,(H,11,12). The molecule has 0 spiro atoms. The summed E-state index contributed by atoms with van der Waals surface area (Å²) < 4.78 is 0. The van der Waals surface area contributed by atoms with Crippen molar-refractivity contribution < 1.29 is 9.90 Å². The van der Waals surface area contributed by atoms with E-state index >= 15 is 0 Å². The van der Waals surface area contributed by atoms with E-state index in [-0.39, 0.29) is 11.2 Å². The average molecular weight is 201 g/mol. The minimum Gasteiger partial charge on any atom is -0.481 e. The van der Waals surface area contributed by atoms with Crippen LogP contribution in [-0.4, -0.2) is 22.6 Å². The fourth-order valence-electron chi connectivity index (χ4n) is 0.832. The molecule has 0 aromatic heterocycles. The number of nitrogens with zero attached hydrogens (tertiary/aromatic N) is 1. The molecule has 0 aromatic carbocycles. The van der Waals surface area contributed by atoms with Crippen LogP contribution in [0.3, 0.4) is 0 Å². The molecule has 0 atom stereocenters. The van der Waals surface area contributed by atoms with Gasteiger partial charge in [0.05, 0.1) is 17.2 Å². The third-order valence-electron chi connectivity index (χ3n) is 1.62. The van der Waals surface area contributed by atoms with Crippen LogP contribution in [0, 0.1) is 16.7 Å². The number of carboxylic acids is 1. The Bertz CT molecular complexity index is 208. The van der Waals surface area contributed by atoms with E-state index in [2.05, 4.69) is 6.07 Å². The topological polar surface area (TPSA) is 61.1 Å². The maximum Gasteiger partial charge on any atom is 0.313 e. The van der Waals surface area contributed by atoms with Gasteiger partial charge in [-0.25, -0.2) is 0 Å². The SMILES string of the molecule is CC(C)(C#N)CCCSCC(=O)O. The highest BCUT2D eigenvalue weighted by Gasteiger charge is 2.15. The van der Waals surface area contributed by atoms with Crippen LogP contribution < -0.4 is 0 Å². The average Bonchev–Trinajstić information content (AvgIpc) is 2.03. The molecule has 0 aliphatic heterocycles. The number of thioether (sulfide) groups is 1. The lowest BCUT2D eigenvalue weighted by molar-refractivity contribution is -0.133. The van der Waals surface area contributed by atoms with Crippen LogP contribution in [0.25, 0.3) is 0 Å². The monoisotopic (exact) mass is 201 g/mol. The Morgan fingerprint density at radius 1 is 1.62 bits per heavy atom. The van der Waals surface area contributed by atoms with Crippen LogP contribution in [0.5, 0.6) is 0 Å². The molecule has 0 heterocycles. The van der Waals surface area contributed by atoms with Crippen LogP contribution in [0.1, 0.15) is 26.7 Å². The van der Waals surface area contributed by atoms with Crippen molar-refractivity contribution in [3.63, 3.8) is 0 Å². The molecule has 0 fully saturated rings. The Hall–Kier alpha value is -0.690. The van der Waals surface area contributed by atoms with Crippen LogP contribution in [0.2, 0.25) is 0 Å². The van der Waals surface area contributed by atoms with Crippen LogP contribution in [-0.2, 0) is 4.79 Å². The highest BCUT2D eigenvalue weighted by molar-refractivity contribution is 7.99. The number of carbonyl (C=O) groups is 1. The maximum atomic E-state index is 10.1. The molecule has 0 aromatic rings. The molecular weight excluding hydrogens is 186 g/mol. The molecule has 0 unspecified atom stereocenters. The predicted molar refractivity (Wildman–Crippen MR) is 53.6 cm³/mol. The number of hydrogen-bond donors (Lipinski definition) is 1. The van der Waals surface area contributed by atoms with E-state index in [0.717, 1.165) is 18.6 Å². The van der Waals surface area contributed by atoms with E-state index in [0.29, 0.717) is 0 Å². The van der Waals surface area contributed by atoms with Crippen LogP contribution >= 0.6 is 11.8 Å². The fourth-order valence-corrected chi connectivity index (χ4v) is 1.50. The molecule has 3 nitrogen and oxygen atoms in total. The normalized spacial score (nSPS) is 10.8. The zero-order valence-corrected chi connectivity index (χ0v) is 8.86. The van der Waals surface area contributed by atoms with Gasteiger partial charge in [-0.3, -0.25) is 4.79 Å². The fraction of sp³-hybridized carbons (Fsp3) is 0.778. The van der Waals surface area contributed by atoms with Crippen molar-refractivity contribution in [2.45, 2.75) is 26.7 Å². The van der Waals surface area contributed by atoms with Crippen molar-refractivity contribution in [3.8, 4) is 6.07 Å². The molecule has 0 saturated carbocycles. The highest BCUT2D eigenvalue weighted by atomic mass is 32.2. The molecule has 0 aliphatic rings. The molecular formula is C9H15NO2S. The Morgan fingerprint density at radius 2 is 2.23 bits per heavy atom. The minimum atomic E-state index is -0.774. The first kappa shape index (κ1) is 12.3. The minimum absolute atomic E-state index is 0.160. The van der Waals surface area contributed by atoms with Gasteiger partial charge in [-0.05, 0) is 32.4 Å². The predicted octanol–water partition coefficient (Wildman–Crippen LogP) is 2.13. The van der Waals surface area contributed by atoms with Gasteiger partial charge >= 0.3 is 5.97 Å². The number of carboxylic acid groups (broad SMARTS) is 1. The number of hydrogen-bond acceptors (Lipinski definition) is 3. The Kier molecular flexibility index (Phi) is 5.56. The number of aliphatic carboxylic acids is 1. The van der Waals surface area contributed by atoms with Crippen molar-refractivity contribution >= 4 is 17.7 Å². The zero-order chi connectivity index (χ0) is 10.3. The second kappa shape index (κ2) is 5.87. The Morgan fingerprint density at radius 3 is 2.69 bits per heavy atom. The summed E-state index contributed by atoms with van der Waals surface area (Å²) >= 11 is 1.40. The van der Waals surface area contributed by atoms with Crippen molar-refractivity contribution in [3.05, 3.63) is 0 Å². The Labute approximate surface area is 83.1 Å². The van der Waals surface area contributed by atoms with Gasteiger partial charge < -0.3 is 5.11 Å². The molecule has 13 heavy (non-hydrogen) atoms. The quantitative estimate of drug-likeness (QED) is 0.669. The second-order valence-corrected chi connectivity index (χ2v) is 4.65. The molecule has 0 aliphatic carbocycles. The van der Waals surface area contributed by atoms with Gasteiger partial charge in [-0.2, -0.15) is 17.0 Å².